The molecule has 0 saturated heterocycles. The molecule has 0 bridgehead atoms. The number of aromatic carboxylic acids is 1. The van der Waals surface area contributed by atoms with Gasteiger partial charge >= 0.3 is 5.97 Å². The van der Waals surface area contributed by atoms with E-state index in [0.29, 0.717) is 5.56 Å². The SMILES string of the molecule is Cc1ccc(C(=O)O)cc1-c1ccc2c(c1)CC(C)O2. The Balaban J connectivity index is 2.08. The summed E-state index contributed by atoms with van der Waals surface area (Å²) in [6.45, 7) is 4.04. The molecule has 3 heteroatoms. The van der Waals surface area contributed by atoms with Crippen molar-refractivity contribution in [1.82, 2.24) is 0 Å². The Kier molecular flexibility index (Phi) is 2.97. The largest absolute Gasteiger partial charge is 0.490 e. The van der Waals surface area contributed by atoms with E-state index < -0.39 is 5.97 Å². The number of hydrogen-bond donors (Lipinski definition) is 1. The number of rotatable bonds is 2. The minimum atomic E-state index is -0.899. The van der Waals surface area contributed by atoms with Gasteiger partial charge in [0.1, 0.15) is 11.9 Å². The van der Waals surface area contributed by atoms with Gasteiger partial charge in [-0.05, 0) is 60.4 Å². The predicted octanol–water partition coefficient (Wildman–Crippen LogP) is 3.68. The van der Waals surface area contributed by atoms with Gasteiger partial charge in [-0.15, -0.1) is 0 Å². The average Bonchev–Trinajstić information content (AvgIpc) is 2.78. The Morgan fingerprint density at radius 1 is 1.25 bits per heavy atom. The summed E-state index contributed by atoms with van der Waals surface area (Å²) in [7, 11) is 0. The number of benzene rings is 2. The van der Waals surface area contributed by atoms with Crippen LogP contribution in [0.3, 0.4) is 0 Å². The van der Waals surface area contributed by atoms with Crippen LogP contribution >= 0.6 is 0 Å². The van der Waals surface area contributed by atoms with Crippen LogP contribution in [-0.4, -0.2) is 17.2 Å². The summed E-state index contributed by atoms with van der Waals surface area (Å²) in [6, 6.07) is 11.3. The van der Waals surface area contributed by atoms with E-state index in [2.05, 4.69) is 13.0 Å². The third-order valence-corrected chi connectivity index (χ3v) is 3.69. The molecule has 1 heterocycles. The van der Waals surface area contributed by atoms with Gasteiger partial charge in [0.15, 0.2) is 0 Å². The molecule has 1 N–H and O–H groups in total. The van der Waals surface area contributed by atoms with Crippen molar-refractivity contribution in [2.45, 2.75) is 26.4 Å². The van der Waals surface area contributed by atoms with Gasteiger partial charge in [-0.3, -0.25) is 0 Å². The second kappa shape index (κ2) is 4.67. The summed E-state index contributed by atoms with van der Waals surface area (Å²) in [5, 5.41) is 9.12. The first kappa shape index (κ1) is 12.7. The number of carboxylic acids is 1. The molecule has 0 fully saturated rings. The third-order valence-electron chi connectivity index (χ3n) is 3.69. The Hall–Kier alpha value is -2.29. The lowest BCUT2D eigenvalue weighted by Gasteiger charge is -2.09. The number of ether oxygens (including phenoxy) is 1. The number of aryl methyl sites for hydroxylation is 1. The fourth-order valence-corrected chi connectivity index (χ4v) is 2.66. The fraction of sp³-hybridized carbons (Fsp3) is 0.235. The van der Waals surface area contributed by atoms with E-state index in [9.17, 15) is 4.79 Å². The monoisotopic (exact) mass is 268 g/mol. The molecular weight excluding hydrogens is 252 g/mol. The number of carboxylic acid groups (broad SMARTS) is 1. The topological polar surface area (TPSA) is 46.5 Å². The zero-order valence-corrected chi connectivity index (χ0v) is 11.5. The highest BCUT2D eigenvalue weighted by Gasteiger charge is 2.19. The molecule has 0 saturated carbocycles. The van der Waals surface area contributed by atoms with Crippen LogP contribution in [0.1, 0.15) is 28.4 Å². The predicted molar refractivity (Wildman–Crippen MR) is 77.4 cm³/mol. The highest BCUT2D eigenvalue weighted by Crippen LogP contribution is 2.34. The van der Waals surface area contributed by atoms with Gasteiger partial charge in [-0.1, -0.05) is 12.1 Å². The summed E-state index contributed by atoms with van der Waals surface area (Å²) in [5.41, 5.74) is 4.59. The van der Waals surface area contributed by atoms with Crippen LogP contribution in [0, 0.1) is 6.92 Å². The Morgan fingerprint density at radius 3 is 2.80 bits per heavy atom. The van der Waals surface area contributed by atoms with Crippen molar-refractivity contribution in [2.75, 3.05) is 0 Å². The number of carbonyl (C=O) groups is 1. The zero-order chi connectivity index (χ0) is 14.3. The summed E-state index contributed by atoms with van der Waals surface area (Å²) >= 11 is 0. The summed E-state index contributed by atoms with van der Waals surface area (Å²) in [5.74, 6) is 0.0395. The van der Waals surface area contributed by atoms with Gasteiger partial charge in [0.2, 0.25) is 0 Å². The maximum Gasteiger partial charge on any atom is 0.335 e. The second-order valence-electron chi connectivity index (χ2n) is 5.29. The van der Waals surface area contributed by atoms with Gasteiger partial charge < -0.3 is 9.84 Å². The van der Waals surface area contributed by atoms with Crippen molar-refractivity contribution in [2.24, 2.45) is 0 Å². The molecule has 2 aromatic carbocycles. The van der Waals surface area contributed by atoms with E-state index in [1.807, 2.05) is 25.1 Å². The Bertz CT molecular complexity index is 689. The normalized spacial score (nSPS) is 16.6. The second-order valence-corrected chi connectivity index (χ2v) is 5.29. The van der Waals surface area contributed by atoms with Gasteiger partial charge in [-0.2, -0.15) is 0 Å². The maximum atomic E-state index is 11.1. The lowest BCUT2D eigenvalue weighted by molar-refractivity contribution is 0.0697. The molecular formula is C17H16O3. The summed E-state index contributed by atoms with van der Waals surface area (Å²) in [4.78, 5) is 11.1. The van der Waals surface area contributed by atoms with E-state index in [-0.39, 0.29) is 6.10 Å². The van der Waals surface area contributed by atoms with E-state index in [0.717, 1.165) is 28.9 Å². The maximum absolute atomic E-state index is 11.1. The van der Waals surface area contributed by atoms with Gasteiger partial charge in [0.25, 0.3) is 0 Å². The molecule has 0 aliphatic carbocycles. The molecule has 1 unspecified atom stereocenters. The number of fused-ring (bicyclic) bond motifs is 1. The van der Waals surface area contributed by atoms with E-state index in [1.54, 1.807) is 12.1 Å². The van der Waals surface area contributed by atoms with Crippen LogP contribution in [0.2, 0.25) is 0 Å². The minimum absolute atomic E-state index is 0.215. The van der Waals surface area contributed by atoms with Crippen LogP contribution in [0.4, 0.5) is 0 Å². The van der Waals surface area contributed by atoms with Gasteiger partial charge in [-0.25, -0.2) is 4.79 Å². The lowest BCUT2D eigenvalue weighted by Crippen LogP contribution is -2.05. The Morgan fingerprint density at radius 2 is 2.05 bits per heavy atom. The average molecular weight is 268 g/mol. The van der Waals surface area contributed by atoms with Crippen LogP contribution in [0.25, 0.3) is 11.1 Å². The fourth-order valence-electron chi connectivity index (χ4n) is 2.66. The first-order chi connectivity index (χ1) is 9.54. The van der Waals surface area contributed by atoms with Crippen LogP contribution in [-0.2, 0) is 6.42 Å². The van der Waals surface area contributed by atoms with Crippen molar-refractivity contribution >= 4 is 5.97 Å². The molecule has 0 spiro atoms. The summed E-state index contributed by atoms with van der Waals surface area (Å²) < 4.78 is 5.70. The van der Waals surface area contributed by atoms with E-state index in [1.165, 1.54) is 5.56 Å². The van der Waals surface area contributed by atoms with Crippen LogP contribution < -0.4 is 4.74 Å². The van der Waals surface area contributed by atoms with E-state index in [4.69, 9.17) is 9.84 Å². The van der Waals surface area contributed by atoms with Gasteiger partial charge in [0.05, 0.1) is 5.56 Å². The molecule has 102 valence electrons. The quantitative estimate of drug-likeness (QED) is 0.903. The molecule has 0 amide bonds. The first-order valence-corrected chi connectivity index (χ1v) is 6.68. The zero-order valence-electron chi connectivity index (χ0n) is 11.5. The van der Waals surface area contributed by atoms with Crippen molar-refractivity contribution < 1.29 is 14.6 Å². The third kappa shape index (κ3) is 2.16. The molecule has 0 radical (unpaired) electrons. The van der Waals surface area contributed by atoms with Crippen molar-refractivity contribution in [3.8, 4) is 16.9 Å². The van der Waals surface area contributed by atoms with Gasteiger partial charge in [0, 0.05) is 6.42 Å². The minimum Gasteiger partial charge on any atom is -0.490 e. The molecule has 3 nitrogen and oxygen atoms in total. The number of hydrogen-bond acceptors (Lipinski definition) is 2. The highest BCUT2D eigenvalue weighted by atomic mass is 16.5. The van der Waals surface area contributed by atoms with E-state index >= 15 is 0 Å². The lowest BCUT2D eigenvalue weighted by atomic mass is 9.96. The highest BCUT2D eigenvalue weighted by molar-refractivity contribution is 5.90. The van der Waals surface area contributed by atoms with Crippen molar-refractivity contribution in [3.05, 3.63) is 53.1 Å². The molecule has 2 aromatic rings. The smallest absolute Gasteiger partial charge is 0.335 e. The van der Waals surface area contributed by atoms with Crippen LogP contribution in [0.5, 0.6) is 5.75 Å². The molecule has 3 rings (SSSR count). The molecule has 1 aliphatic rings. The Labute approximate surface area is 117 Å². The summed E-state index contributed by atoms with van der Waals surface area (Å²) in [6.07, 6.45) is 1.12. The standard InChI is InChI=1S/C17H16O3/c1-10-3-4-13(17(18)19)9-15(10)12-5-6-16-14(8-12)7-11(2)20-16/h3-6,8-9,11H,7H2,1-2H3,(H,18,19). The molecule has 20 heavy (non-hydrogen) atoms. The first-order valence-electron chi connectivity index (χ1n) is 6.68. The van der Waals surface area contributed by atoms with Crippen molar-refractivity contribution in [1.29, 1.82) is 0 Å². The van der Waals surface area contributed by atoms with Crippen molar-refractivity contribution in [3.63, 3.8) is 0 Å². The van der Waals surface area contributed by atoms with Crippen LogP contribution in [0.15, 0.2) is 36.4 Å². The molecule has 1 aliphatic heterocycles. The molecule has 1 atom stereocenters. The molecule has 0 aromatic heterocycles.